The van der Waals surface area contributed by atoms with Crippen molar-refractivity contribution >= 4 is 39.6 Å². The largest absolute Gasteiger partial charge is 0.392 e. The lowest BCUT2D eigenvalue weighted by atomic mass is 9.78. The van der Waals surface area contributed by atoms with Gasteiger partial charge in [-0.3, -0.25) is 4.79 Å². The number of hydrogen-bond donors (Lipinski definition) is 2. The second-order valence-corrected chi connectivity index (χ2v) is 7.05. The van der Waals surface area contributed by atoms with Gasteiger partial charge in [-0.1, -0.05) is 38.9 Å². The van der Waals surface area contributed by atoms with E-state index in [-0.39, 0.29) is 5.91 Å². The molecule has 21 heavy (non-hydrogen) atoms. The van der Waals surface area contributed by atoms with Crippen LogP contribution < -0.4 is 11.1 Å². The first-order valence-corrected chi connectivity index (χ1v) is 8.89. The number of hydrogen-bond acceptors (Lipinski definition) is 4. The molecule has 1 fully saturated rings. The molecule has 0 saturated heterocycles. The first kappa shape index (κ1) is 16.4. The molecule has 4 nitrogen and oxygen atoms in total. The molecule has 0 aliphatic heterocycles. The van der Waals surface area contributed by atoms with Crippen LogP contribution in [0, 0.1) is 5.41 Å². The molecule has 116 valence electrons. The first-order chi connectivity index (χ1) is 10.0. The molecule has 0 aromatic carbocycles. The smallest absolute Gasteiger partial charge is 0.239 e. The summed E-state index contributed by atoms with van der Waals surface area (Å²) in [5.41, 5.74) is 6.27. The molecule has 1 aromatic heterocycles. The van der Waals surface area contributed by atoms with E-state index in [2.05, 4.69) is 10.3 Å². The quantitative estimate of drug-likeness (QED) is 0.713. The van der Waals surface area contributed by atoms with E-state index < -0.39 is 5.41 Å². The Morgan fingerprint density at radius 2 is 2.10 bits per heavy atom. The molecule has 0 unspecified atom stereocenters. The zero-order valence-electron chi connectivity index (χ0n) is 12.6. The van der Waals surface area contributed by atoms with E-state index in [9.17, 15) is 4.79 Å². The van der Waals surface area contributed by atoms with Crippen molar-refractivity contribution in [2.24, 2.45) is 11.1 Å². The normalized spacial score (nSPS) is 15.0. The number of amides is 1. The Hall–Kier alpha value is -1.01. The molecular weight excluding hydrogens is 302 g/mol. The zero-order valence-corrected chi connectivity index (χ0v) is 14.3. The second kappa shape index (κ2) is 6.83. The predicted octanol–water partition coefficient (Wildman–Crippen LogP) is 3.83. The molecule has 1 aliphatic rings. The molecule has 3 N–H and O–H groups in total. The van der Waals surface area contributed by atoms with Crippen molar-refractivity contribution in [3.63, 3.8) is 0 Å². The number of thiocarbonyl (C=S) groups is 1. The van der Waals surface area contributed by atoms with E-state index in [0.29, 0.717) is 28.9 Å². The van der Waals surface area contributed by atoms with Gasteiger partial charge in [0.25, 0.3) is 0 Å². The summed E-state index contributed by atoms with van der Waals surface area (Å²) in [5.74, 6) is 0.494. The topological polar surface area (TPSA) is 68.0 Å². The van der Waals surface area contributed by atoms with Crippen LogP contribution in [0.1, 0.15) is 64.0 Å². The molecule has 0 spiro atoms. The van der Waals surface area contributed by atoms with E-state index in [1.807, 2.05) is 19.2 Å². The molecule has 1 aromatic rings. The lowest BCUT2D eigenvalue weighted by Crippen LogP contribution is -2.46. The van der Waals surface area contributed by atoms with Crippen molar-refractivity contribution in [3.8, 4) is 0 Å². The molecule has 1 aliphatic carbocycles. The fourth-order valence-electron chi connectivity index (χ4n) is 2.69. The number of nitrogens with zero attached hydrogens (tertiary/aromatic N) is 1. The molecule has 1 amide bonds. The highest BCUT2D eigenvalue weighted by molar-refractivity contribution is 7.80. The Morgan fingerprint density at radius 1 is 1.48 bits per heavy atom. The number of rotatable bonds is 8. The van der Waals surface area contributed by atoms with Gasteiger partial charge in [-0.05, 0) is 25.7 Å². The Balaban J connectivity index is 2.14. The van der Waals surface area contributed by atoms with Crippen LogP contribution in [-0.4, -0.2) is 15.9 Å². The Morgan fingerprint density at radius 3 is 2.57 bits per heavy atom. The van der Waals surface area contributed by atoms with Crippen LogP contribution in [0.25, 0.3) is 0 Å². The van der Waals surface area contributed by atoms with Gasteiger partial charge in [0.1, 0.15) is 0 Å². The van der Waals surface area contributed by atoms with Crippen LogP contribution in [-0.2, 0) is 4.79 Å². The number of thiazole rings is 1. The number of aromatic nitrogens is 1. The SMILES string of the molecule is CCCC(CCC)(C(=O)Nc1nc(C2CC2)cs1)C(N)=S. The maximum atomic E-state index is 12.7. The maximum Gasteiger partial charge on any atom is 0.239 e. The summed E-state index contributed by atoms with van der Waals surface area (Å²) in [6.07, 6.45) is 5.52. The van der Waals surface area contributed by atoms with Crippen LogP contribution in [0.3, 0.4) is 0 Å². The van der Waals surface area contributed by atoms with Crippen LogP contribution in [0.15, 0.2) is 5.38 Å². The van der Waals surface area contributed by atoms with Crippen molar-refractivity contribution in [3.05, 3.63) is 11.1 Å². The van der Waals surface area contributed by atoms with Gasteiger partial charge in [-0.15, -0.1) is 11.3 Å². The molecular formula is C15H23N3OS2. The Kier molecular flexibility index (Phi) is 5.32. The minimum atomic E-state index is -0.746. The maximum absolute atomic E-state index is 12.7. The molecule has 6 heteroatoms. The van der Waals surface area contributed by atoms with Crippen LogP contribution in [0.2, 0.25) is 0 Å². The molecule has 0 atom stereocenters. The van der Waals surface area contributed by atoms with Gasteiger partial charge < -0.3 is 11.1 Å². The third kappa shape index (κ3) is 3.61. The summed E-state index contributed by atoms with van der Waals surface area (Å²) in [6, 6.07) is 0. The van der Waals surface area contributed by atoms with E-state index >= 15 is 0 Å². The van der Waals surface area contributed by atoms with Gasteiger partial charge in [0, 0.05) is 11.3 Å². The van der Waals surface area contributed by atoms with Crippen molar-refractivity contribution in [1.82, 2.24) is 4.98 Å². The molecule has 1 heterocycles. The van der Waals surface area contributed by atoms with Gasteiger partial charge in [0.05, 0.1) is 16.1 Å². The lowest BCUT2D eigenvalue weighted by Gasteiger charge is -2.30. The number of carbonyl (C=O) groups is 1. The predicted molar refractivity (Wildman–Crippen MR) is 91.8 cm³/mol. The summed E-state index contributed by atoms with van der Waals surface area (Å²) < 4.78 is 0. The van der Waals surface area contributed by atoms with Gasteiger partial charge >= 0.3 is 0 Å². The van der Waals surface area contributed by atoms with Crippen LogP contribution in [0.5, 0.6) is 0 Å². The number of nitrogens with one attached hydrogen (secondary N) is 1. The van der Waals surface area contributed by atoms with E-state index in [0.717, 1.165) is 18.5 Å². The fraction of sp³-hybridized carbons (Fsp3) is 0.667. The minimum absolute atomic E-state index is 0.101. The molecule has 1 saturated carbocycles. The van der Waals surface area contributed by atoms with Crippen molar-refractivity contribution < 1.29 is 4.79 Å². The highest BCUT2D eigenvalue weighted by Crippen LogP contribution is 2.41. The Labute approximate surface area is 135 Å². The summed E-state index contributed by atoms with van der Waals surface area (Å²) in [5, 5.41) is 5.64. The first-order valence-electron chi connectivity index (χ1n) is 7.60. The molecule has 0 radical (unpaired) electrons. The monoisotopic (exact) mass is 325 g/mol. The molecule has 0 bridgehead atoms. The Bertz CT molecular complexity index is 517. The van der Waals surface area contributed by atoms with E-state index in [4.69, 9.17) is 18.0 Å². The summed E-state index contributed by atoms with van der Waals surface area (Å²) in [6.45, 7) is 4.09. The summed E-state index contributed by atoms with van der Waals surface area (Å²) >= 11 is 6.69. The van der Waals surface area contributed by atoms with Gasteiger partial charge in [-0.25, -0.2) is 4.98 Å². The third-order valence-electron chi connectivity index (χ3n) is 4.00. The highest BCUT2D eigenvalue weighted by atomic mass is 32.1. The zero-order chi connectivity index (χ0) is 15.5. The van der Waals surface area contributed by atoms with Crippen molar-refractivity contribution in [1.29, 1.82) is 0 Å². The number of anilines is 1. The van der Waals surface area contributed by atoms with Gasteiger partial charge in [0.15, 0.2) is 5.13 Å². The van der Waals surface area contributed by atoms with Crippen molar-refractivity contribution in [2.75, 3.05) is 5.32 Å². The van der Waals surface area contributed by atoms with Crippen molar-refractivity contribution in [2.45, 2.75) is 58.3 Å². The van der Waals surface area contributed by atoms with E-state index in [1.165, 1.54) is 24.2 Å². The van der Waals surface area contributed by atoms with Crippen LogP contribution in [0.4, 0.5) is 5.13 Å². The summed E-state index contributed by atoms with van der Waals surface area (Å²) in [4.78, 5) is 17.5. The lowest BCUT2D eigenvalue weighted by molar-refractivity contribution is -0.122. The fourth-order valence-corrected chi connectivity index (χ4v) is 3.77. The standard InChI is InChI=1S/C15H23N3OS2/c1-3-7-15(8-4-2,12(16)20)13(19)18-14-17-11(9-21-14)10-5-6-10/h9-10H,3-8H2,1-2H3,(H2,16,20)(H,17,18,19). The number of nitrogens with two attached hydrogens (primary N) is 1. The molecule has 2 rings (SSSR count). The third-order valence-corrected chi connectivity index (χ3v) is 5.16. The van der Waals surface area contributed by atoms with E-state index in [1.54, 1.807) is 0 Å². The summed E-state index contributed by atoms with van der Waals surface area (Å²) in [7, 11) is 0. The van der Waals surface area contributed by atoms with Gasteiger partial charge in [-0.2, -0.15) is 0 Å². The average molecular weight is 326 g/mol. The van der Waals surface area contributed by atoms with Crippen LogP contribution >= 0.6 is 23.6 Å². The minimum Gasteiger partial charge on any atom is -0.392 e. The average Bonchev–Trinajstić information content (AvgIpc) is 3.19. The van der Waals surface area contributed by atoms with Gasteiger partial charge in [0.2, 0.25) is 5.91 Å². The second-order valence-electron chi connectivity index (χ2n) is 5.75. The number of carbonyl (C=O) groups excluding carboxylic acids is 1. The highest BCUT2D eigenvalue weighted by Gasteiger charge is 2.40.